The van der Waals surface area contributed by atoms with Crippen LogP contribution in [-0.4, -0.2) is 19.5 Å². The molecule has 0 radical (unpaired) electrons. The lowest BCUT2D eigenvalue weighted by Gasteiger charge is -2.48. The Morgan fingerprint density at radius 2 is 1.84 bits per heavy atom. The zero-order valence-corrected chi connectivity index (χ0v) is 18.4. The molecule has 3 aliphatic carbocycles. The highest BCUT2D eigenvalue weighted by molar-refractivity contribution is 6.06. The fourth-order valence-corrected chi connectivity index (χ4v) is 6.43. The van der Waals surface area contributed by atoms with Gasteiger partial charge in [0.25, 0.3) is 0 Å². The molecule has 0 aromatic heterocycles. The summed E-state index contributed by atoms with van der Waals surface area (Å²) in [6, 6.07) is 13.0. The van der Waals surface area contributed by atoms with Crippen LogP contribution >= 0.6 is 0 Å². The second kappa shape index (κ2) is 8.02. The van der Waals surface area contributed by atoms with E-state index in [0.717, 1.165) is 49.0 Å². The van der Waals surface area contributed by atoms with E-state index in [1.165, 1.54) is 23.3 Å². The molecule has 0 bridgehead atoms. The molecule has 32 heavy (non-hydrogen) atoms. The van der Waals surface area contributed by atoms with Crippen LogP contribution in [0.2, 0.25) is 0 Å². The van der Waals surface area contributed by atoms with E-state index in [1.54, 1.807) is 19.2 Å². The molecule has 0 saturated heterocycles. The summed E-state index contributed by atoms with van der Waals surface area (Å²) >= 11 is 0. The summed E-state index contributed by atoms with van der Waals surface area (Å²) in [6.45, 7) is -0.687. The Kier molecular flexibility index (Phi) is 5.31. The van der Waals surface area contributed by atoms with Crippen molar-refractivity contribution in [3.05, 3.63) is 64.7 Å². The molecule has 0 N–H and O–H groups in total. The zero-order valence-electron chi connectivity index (χ0n) is 18.4. The number of halogens is 2. The normalized spacial score (nSPS) is 30.1. The van der Waals surface area contributed by atoms with E-state index in [-0.39, 0.29) is 16.9 Å². The number of ether oxygens (including phenoxy) is 2. The van der Waals surface area contributed by atoms with Crippen LogP contribution in [0, 0.1) is 17.3 Å². The molecule has 4 atom stereocenters. The molecular weight excluding hydrogens is 410 g/mol. The van der Waals surface area contributed by atoms with Crippen molar-refractivity contribution in [1.29, 1.82) is 0 Å². The molecule has 168 valence electrons. The fourth-order valence-electron chi connectivity index (χ4n) is 6.43. The molecule has 3 aliphatic rings. The van der Waals surface area contributed by atoms with Gasteiger partial charge in [-0.25, -0.2) is 0 Å². The summed E-state index contributed by atoms with van der Waals surface area (Å²) in [5.41, 5.74) is 4.22. The van der Waals surface area contributed by atoms with Gasteiger partial charge in [0.1, 0.15) is 11.5 Å². The van der Waals surface area contributed by atoms with E-state index >= 15 is 0 Å². The summed E-state index contributed by atoms with van der Waals surface area (Å²) in [6.07, 6.45) is 6.80. The Hall–Kier alpha value is -2.69. The van der Waals surface area contributed by atoms with Gasteiger partial charge in [0.15, 0.2) is 5.78 Å². The summed E-state index contributed by atoms with van der Waals surface area (Å²) in [4.78, 5) is 13.5. The van der Waals surface area contributed by atoms with E-state index in [9.17, 15) is 13.6 Å². The maximum absolute atomic E-state index is 13.5. The van der Waals surface area contributed by atoms with Crippen LogP contribution in [0.5, 0.6) is 11.5 Å². The van der Waals surface area contributed by atoms with Gasteiger partial charge in [-0.3, -0.25) is 4.79 Å². The number of ketones is 1. The number of Topliss-reactive ketones (excluding diaryl/α,β-unsaturated/α-hetero) is 1. The third-order valence-corrected chi connectivity index (χ3v) is 8.02. The first kappa shape index (κ1) is 21.2. The van der Waals surface area contributed by atoms with Gasteiger partial charge < -0.3 is 9.47 Å². The second-order valence-electron chi connectivity index (χ2n) is 9.59. The number of rotatable bonds is 4. The monoisotopic (exact) mass is 438 g/mol. The average molecular weight is 439 g/mol. The first-order valence-electron chi connectivity index (χ1n) is 11.4. The van der Waals surface area contributed by atoms with Gasteiger partial charge in [-0.15, -0.1) is 0 Å². The molecule has 2 saturated carbocycles. The van der Waals surface area contributed by atoms with Crippen LogP contribution in [0.3, 0.4) is 0 Å². The lowest BCUT2D eigenvalue weighted by atomic mass is 9.55. The Bertz CT molecular complexity index is 1060. The number of methoxy groups -OCH3 is 1. The van der Waals surface area contributed by atoms with E-state index < -0.39 is 6.61 Å². The molecule has 2 fully saturated rings. The third-order valence-electron chi connectivity index (χ3n) is 8.02. The van der Waals surface area contributed by atoms with Crippen molar-refractivity contribution in [1.82, 2.24) is 0 Å². The molecule has 0 aliphatic heterocycles. The average Bonchev–Trinajstić information content (AvgIpc) is 3.04. The number of alkyl halides is 2. The molecule has 5 heteroatoms. The third kappa shape index (κ3) is 3.52. The molecule has 0 heterocycles. The number of hydrogen-bond donors (Lipinski definition) is 0. The standard InChI is InChI=1S/C27H28F2O3/c1-27-12-11-22-21-10-8-20(31-2)14-17(21)5-9-23(22)24(27)15-18(25(27)30)13-16-3-6-19(7-4-16)32-26(28)29/h3-4,6-8,10,13-14,22-24,26H,5,9,11-12,15H2,1-2H3/b18-13+/t22-,23-,24-,27-/m1/s1. The number of fused-ring (bicyclic) bond motifs is 5. The molecule has 0 unspecified atom stereocenters. The predicted molar refractivity (Wildman–Crippen MR) is 119 cm³/mol. The first-order valence-corrected chi connectivity index (χ1v) is 11.4. The highest BCUT2D eigenvalue weighted by Gasteiger charge is 2.56. The molecular formula is C27H28F2O3. The fraction of sp³-hybridized carbons (Fsp3) is 0.444. The summed E-state index contributed by atoms with van der Waals surface area (Å²) in [7, 11) is 1.71. The highest BCUT2D eigenvalue weighted by atomic mass is 19.3. The van der Waals surface area contributed by atoms with Crippen LogP contribution in [0.15, 0.2) is 48.0 Å². The van der Waals surface area contributed by atoms with E-state index in [4.69, 9.17) is 4.74 Å². The minimum Gasteiger partial charge on any atom is -0.497 e. The summed E-state index contributed by atoms with van der Waals surface area (Å²) in [5, 5.41) is 0. The summed E-state index contributed by atoms with van der Waals surface area (Å²) < 4.78 is 34.6. The van der Waals surface area contributed by atoms with Crippen LogP contribution in [0.1, 0.15) is 55.2 Å². The Balaban J connectivity index is 1.40. The van der Waals surface area contributed by atoms with Gasteiger partial charge in [0.2, 0.25) is 0 Å². The number of carbonyl (C=O) groups is 1. The SMILES string of the molecule is COc1ccc2c(c1)CC[C@@H]1[C@@H]2CC[C@@]2(C)C(=O)/C(=C/c3ccc(OC(F)F)cc3)C[C@H]12. The van der Waals surface area contributed by atoms with Crippen molar-refractivity contribution >= 4 is 11.9 Å². The molecule has 5 rings (SSSR count). The van der Waals surface area contributed by atoms with Crippen LogP contribution in [-0.2, 0) is 11.2 Å². The van der Waals surface area contributed by atoms with Crippen molar-refractivity contribution in [3.8, 4) is 11.5 Å². The van der Waals surface area contributed by atoms with Gasteiger partial charge in [0.05, 0.1) is 7.11 Å². The number of allylic oxidation sites excluding steroid dienone is 1. The zero-order chi connectivity index (χ0) is 22.5. The Morgan fingerprint density at radius 3 is 2.56 bits per heavy atom. The lowest BCUT2D eigenvalue weighted by molar-refractivity contribution is -0.127. The van der Waals surface area contributed by atoms with Gasteiger partial charge in [-0.2, -0.15) is 8.78 Å². The van der Waals surface area contributed by atoms with E-state index in [2.05, 4.69) is 29.9 Å². The van der Waals surface area contributed by atoms with Crippen LogP contribution in [0.25, 0.3) is 6.08 Å². The van der Waals surface area contributed by atoms with Crippen molar-refractivity contribution in [3.63, 3.8) is 0 Å². The number of hydrogen-bond acceptors (Lipinski definition) is 3. The van der Waals surface area contributed by atoms with Crippen molar-refractivity contribution in [2.24, 2.45) is 17.3 Å². The Morgan fingerprint density at radius 1 is 1.09 bits per heavy atom. The highest BCUT2D eigenvalue weighted by Crippen LogP contribution is 2.60. The number of carbonyl (C=O) groups excluding carboxylic acids is 1. The van der Waals surface area contributed by atoms with Crippen LogP contribution in [0.4, 0.5) is 8.78 Å². The smallest absolute Gasteiger partial charge is 0.387 e. The largest absolute Gasteiger partial charge is 0.497 e. The van der Waals surface area contributed by atoms with Crippen molar-refractivity contribution < 1.29 is 23.0 Å². The minimum absolute atomic E-state index is 0.126. The van der Waals surface area contributed by atoms with Crippen molar-refractivity contribution in [2.75, 3.05) is 7.11 Å². The topological polar surface area (TPSA) is 35.5 Å². The van der Waals surface area contributed by atoms with Crippen molar-refractivity contribution in [2.45, 2.75) is 51.6 Å². The van der Waals surface area contributed by atoms with E-state index in [0.29, 0.717) is 17.8 Å². The second-order valence-corrected chi connectivity index (χ2v) is 9.59. The molecule has 0 spiro atoms. The maximum atomic E-state index is 13.5. The molecule has 2 aromatic rings. The quantitative estimate of drug-likeness (QED) is 0.517. The molecule has 0 amide bonds. The minimum atomic E-state index is -2.84. The van der Waals surface area contributed by atoms with Gasteiger partial charge in [-0.1, -0.05) is 25.1 Å². The van der Waals surface area contributed by atoms with Gasteiger partial charge in [0, 0.05) is 5.41 Å². The first-order chi connectivity index (χ1) is 15.4. The Labute approximate surface area is 187 Å². The van der Waals surface area contributed by atoms with Crippen LogP contribution < -0.4 is 9.47 Å². The van der Waals surface area contributed by atoms with Gasteiger partial charge in [-0.05, 0) is 102 Å². The predicted octanol–water partition coefficient (Wildman–Crippen LogP) is 6.42. The molecule has 3 nitrogen and oxygen atoms in total. The lowest BCUT2D eigenvalue weighted by Crippen LogP contribution is -2.42. The number of benzene rings is 2. The van der Waals surface area contributed by atoms with Gasteiger partial charge >= 0.3 is 6.61 Å². The summed E-state index contributed by atoms with van der Waals surface area (Å²) in [5.74, 6) is 2.65. The van der Waals surface area contributed by atoms with E-state index in [1.807, 2.05) is 6.08 Å². The molecule has 2 aromatic carbocycles. The maximum Gasteiger partial charge on any atom is 0.387 e. The number of aryl methyl sites for hydroxylation is 1.